The number of hydrogen-bond acceptors (Lipinski definition) is 2. The van der Waals surface area contributed by atoms with Gasteiger partial charge in [-0.25, -0.2) is 8.42 Å². The Kier molecular flexibility index (Phi) is 3.16. The molecule has 0 N–H and O–H groups in total. The number of rotatable bonds is 3. The SMILES string of the molecule is C[CH]c1ccc(N(C)S(C)(=O)=O)cc1. The van der Waals surface area contributed by atoms with Crippen LogP contribution in [0.15, 0.2) is 24.3 Å². The van der Waals surface area contributed by atoms with E-state index in [0.717, 1.165) is 5.56 Å². The minimum absolute atomic E-state index is 0.679. The van der Waals surface area contributed by atoms with E-state index in [1.807, 2.05) is 25.5 Å². The smallest absolute Gasteiger partial charge is 0.231 e. The summed E-state index contributed by atoms with van der Waals surface area (Å²) in [4.78, 5) is 0. The van der Waals surface area contributed by atoms with E-state index in [9.17, 15) is 8.42 Å². The van der Waals surface area contributed by atoms with E-state index < -0.39 is 10.0 Å². The first kappa shape index (κ1) is 11.0. The Bertz CT molecular complexity index is 395. The summed E-state index contributed by atoms with van der Waals surface area (Å²) in [5, 5.41) is 0. The topological polar surface area (TPSA) is 37.4 Å². The minimum Gasteiger partial charge on any atom is -0.274 e. The second kappa shape index (κ2) is 4.00. The molecule has 3 nitrogen and oxygen atoms in total. The summed E-state index contributed by atoms with van der Waals surface area (Å²) >= 11 is 0. The van der Waals surface area contributed by atoms with E-state index >= 15 is 0 Å². The molecule has 0 aromatic heterocycles. The van der Waals surface area contributed by atoms with Crippen molar-refractivity contribution in [3.63, 3.8) is 0 Å². The van der Waals surface area contributed by atoms with Gasteiger partial charge in [0.05, 0.1) is 11.9 Å². The van der Waals surface area contributed by atoms with Crippen LogP contribution in [0.4, 0.5) is 5.69 Å². The molecule has 1 aromatic carbocycles. The number of nitrogens with zero attached hydrogens (tertiary/aromatic N) is 1. The summed E-state index contributed by atoms with van der Waals surface area (Å²) < 4.78 is 23.7. The average molecular weight is 212 g/mol. The van der Waals surface area contributed by atoms with Gasteiger partial charge in [0.1, 0.15) is 0 Å². The first-order chi connectivity index (χ1) is 6.45. The van der Waals surface area contributed by atoms with Crippen LogP contribution in [-0.2, 0) is 10.0 Å². The number of anilines is 1. The maximum absolute atomic E-state index is 11.2. The van der Waals surface area contributed by atoms with Gasteiger partial charge in [-0.15, -0.1) is 0 Å². The van der Waals surface area contributed by atoms with Gasteiger partial charge in [0.15, 0.2) is 0 Å². The maximum atomic E-state index is 11.2. The van der Waals surface area contributed by atoms with Crippen molar-refractivity contribution in [2.24, 2.45) is 0 Å². The van der Waals surface area contributed by atoms with E-state index in [0.29, 0.717) is 5.69 Å². The Morgan fingerprint density at radius 2 is 1.71 bits per heavy atom. The van der Waals surface area contributed by atoms with Crippen LogP contribution in [0.5, 0.6) is 0 Å². The molecule has 1 radical (unpaired) electrons. The third-order valence-electron chi connectivity index (χ3n) is 2.09. The summed E-state index contributed by atoms with van der Waals surface area (Å²) in [6.45, 7) is 1.94. The molecule has 0 bridgehead atoms. The van der Waals surface area contributed by atoms with Gasteiger partial charge >= 0.3 is 0 Å². The van der Waals surface area contributed by atoms with Crippen molar-refractivity contribution < 1.29 is 8.42 Å². The van der Waals surface area contributed by atoms with E-state index in [2.05, 4.69) is 0 Å². The standard InChI is InChI=1S/C10H14NO2S/c1-4-9-5-7-10(8-6-9)11(2)14(3,12)13/h4-8H,1-3H3. The Balaban J connectivity index is 2.98. The molecule has 1 aromatic rings. The number of sulfonamides is 1. The molecule has 0 amide bonds. The summed E-state index contributed by atoms with van der Waals surface area (Å²) in [6, 6.07) is 7.35. The Morgan fingerprint density at radius 3 is 2.07 bits per heavy atom. The minimum atomic E-state index is -3.15. The Labute approximate surface area is 85.4 Å². The predicted octanol–water partition coefficient (Wildman–Crippen LogP) is 1.65. The summed E-state index contributed by atoms with van der Waals surface area (Å²) in [6.07, 6.45) is 3.15. The highest BCUT2D eigenvalue weighted by molar-refractivity contribution is 7.92. The number of hydrogen-bond donors (Lipinski definition) is 0. The van der Waals surface area contributed by atoms with Crippen molar-refractivity contribution in [1.29, 1.82) is 0 Å². The molecule has 0 spiro atoms. The van der Waals surface area contributed by atoms with Crippen LogP contribution in [0.3, 0.4) is 0 Å². The molecule has 0 saturated heterocycles. The van der Waals surface area contributed by atoms with Crippen molar-refractivity contribution in [3.05, 3.63) is 36.2 Å². The van der Waals surface area contributed by atoms with Gasteiger partial charge in [-0.2, -0.15) is 0 Å². The van der Waals surface area contributed by atoms with Crippen LogP contribution < -0.4 is 4.31 Å². The lowest BCUT2D eigenvalue weighted by molar-refractivity contribution is 0.600. The molecule has 77 valence electrons. The fourth-order valence-electron chi connectivity index (χ4n) is 1.07. The van der Waals surface area contributed by atoms with Crippen LogP contribution >= 0.6 is 0 Å². The molecule has 0 aliphatic heterocycles. The molecule has 4 heteroatoms. The zero-order valence-electron chi connectivity index (χ0n) is 8.56. The molecule has 0 saturated carbocycles. The van der Waals surface area contributed by atoms with E-state index in [-0.39, 0.29) is 0 Å². The molecule has 0 unspecified atom stereocenters. The van der Waals surface area contributed by atoms with E-state index in [1.165, 1.54) is 10.6 Å². The highest BCUT2D eigenvalue weighted by Gasteiger charge is 2.10. The highest BCUT2D eigenvalue weighted by atomic mass is 32.2. The second-order valence-electron chi connectivity index (χ2n) is 3.11. The third-order valence-corrected chi connectivity index (χ3v) is 3.29. The van der Waals surface area contributed by atoms with Gasteiger partial charge < -0.3 is 0 Å². The van der Waals surface area contributed by atoms with Gasteiger partial charge in [0, 0.05) is 7.05 Å². The van der Waals surface area contributed by atoms with Crippen molar-refractivity contribution in [2.45, 2.75) is 6.92 Å². The lowest BCUT2D eigenvalue weighted by Crippen LogP contribution is -2.24. The maximum Gasteiger partial charge on any atom is 0.231 e. The first-order valence-electron chi connectivity index (χ1n) is 4.28. The Hall–Kier alpha value is -1.03. The molecule has 0 fully saturated rings. The molecule has 0 atom stereocenters. The van der Waals surface area contributed by atoms with Gasteiger partial charge in [0.25, 0.3) is 0 Å². The Morgan fingerprint density at radius 1 is 1.21 bits per heavy atom. The van der Waals surface area contributed by atoms with Gasteiger partial charge in [-0.3, -0.25) is 4.31 Å². The number of benzene rings is 1. The predicted molar refractivity (Wildman–Crippen MR) is 58.8 cm³/mol. The van der Waals surface area contributed by atoms with Crippen LogP contribution in [-0.4, -0.2) is 21.7 Å². The lowest BCUT2D eigenvalue weighted by Gasteiger charge is -2.16. The molecular formula is C10H14NO2S. The molecule has 0 aliphatic carbocycles. The molecule has 0 aliphatic rings. The second-order valence-corrected chi connectivity index (χ2v) is 5.12. The zero-order chi connectivity index (χ0) is 10.8. The highest BCUT2D eigenvalue weighted by Crippen LogP contribution is 2.16. The summed E-state index contributed by atoms with van der Waals surface area (Å²) in [5.41, 5.74) is 1.76. The average Bonchev–Trinajstić information content (AvgIpc) is 2.15. The van der Waals surface area contributed by atoms with Crippen molar-refractivity contribution in [2.75, 3.05) is 17.6 Å². The molecule has 1 rings (SSSR count). The third kappa shape index (κ3) is 2.48. The zero-order valence-corrected chi connectivity index (χ0v) is 9.38. The fourth-order valence-corrected chi connectivity index (χ4v) is 1.57. The molecular weight excluding hydrogens is 198 g/mol. The van der Waals surface area contributed by atoms with Crippen LogP contribution in [0, 0.1) is 6.42 Å². The lowest BCUT2D eigenvalue weighted by atomic mass is 10.1. The fraction of sp³-hybridized carbons (Fsp3) is 0.300. The van der Waals surface area contributed by atoms with Crippen LogP contribution in [0.25, 0.3) is 0 Å². The van der Waals surface area contributed by atoms with Crippen molar-refractivity contribution in [1.82, 2.24) is 0 Å². The van der Waals surface area contributed by atoms with Gasteiger partial charge in [-0.1, -0.05) is 19.1 Å². The summed E-state index contributed by atoms with van der Waals surface area (Å²) in [5.74, 6) is 0. The normalized spacial score (nSPS) is 11.4. The van der Waals surface area contributed by atoms with E-state index in [4.69, 9.17) is 0 Å². The molecule has 14 heavy (non-hydrogen) atoms. The van der Waals surface area contributed by atoms with Gasteiger partial charge in [-0.05, 0) is 24.1 Å². The van der Waals surface area contributed by atoms with Gasteiger partial charge in [0.2, 0.25) is 10.0 Å². The van der Waals surface area contributed by atoms with E-state index in [1.54, 1.807) is 19.2 Å². The van der Waals surface area contributed by atoms with Crippen LogP contribution in [0.2, 0.25) is 0 Å². The van der Waals surface area contributed by atoms with Crippen molar-refractivity contribution >= 4 is 15.7 Å². The first-order valence-corrected chi connectivity index (χ1v) is 6.13. The van der Waals surface area contributed by atoms with Crippen molar-refractivity contribution in [3.8, 4) is 0 Å². The summed E-state index contributed by atoms with van der Waals surface area (Å²) in [7, 11) is -1.61. The monoisotopic (exact) mass is 212 g/mol. The van der Waals surface area contributed by atoms with Crippen LogP contribution in [0.1, 0.15) is 12.5 Å². The molecule has 0 heterocycles. The quantitative estimate of drug-likeness (QED) is 0.764. The largest absolute Gasteiger partial charge is 0.274 e.